The zero-order valence-electron chi connectivity index (χ0n) is 4.79. The van der Waals surface area contributed by atoms with Crippen LogP contribution in [-0.4, -0.2) is 10.4 Å². The van der Waals surface area contributed by atoms with E-state index in [-0.39, 0.29) is 0 Å². The summed E-state index contributed by atoms with van der Waals surface area (Å²) in [5.41, 5.74) is 0.742. The van der Waals surface area contributed by atoms with Crippen LogP contribution in [-0.2, 0) is 6.42 Å². The largest absolute Gasteiger partial charge is 0.345 e. The van der Waals surface area contributed by atoms with Gasteiger partial charge in [-0.25, -0.2) is 0 Å². The summed E-state index contributed by atoms with van der Waals surface area (Å²) in [6.45, 7) is 3.35. The zero-order valence-corrected chi connectivity index (χ0v) is 4.79. The maximum atomic E-state index is 4.46. The van der Waals surface area contributed by atoms with Crippen LogP contribution >= 0.6 is 0 Å². The maximum Gasteiger partial charge on any atom is 0.148 e. The first-order valence-electron chi connectivity index (χ1n) is 2.44. The summed E-state index contributed by atoms with van der Waals surface area (Å²) in [5.74, 6) is 5.22. The van der Waals surface area contributed by atoms with E-state index in [0.29, 0.717) is 6.42 Å². The van der Waals surface area contributed by atoms with E-state index < -0.39 is 0 Å². The first-order valence-corrected chi connectivity index (χ1v) is 2.44. The van der Waals surface area contributed by atoms with Gasteiger partial charge in [0.1, 0.15) is 12.0 Å². The van der Waals surface area contributed by atoms with Gasteiger partial charge >= 0.3 is 0 Å². The Balaban J connectivity index is 2.54. The summed E-state index contributed by atoms with van der Waals surface area (Å²) in [4.78, 5) is 0. The third-order valence-electron chi connectivity index (χ3n) is 0.800. The van der Waals surface area contributed by atoms with Crippen molar-refractivity contribution < 1.29 is 4.52 Å². The molecule has 1 radical (unpaired) electrons. The minimum atomic E-state index is 0.562. The molecular formula is C6H5N2O. The van der Waals surface area contributed by atoms with Crippen molar-refractivity contribution in [3.63, 3.8) is 0 Å². The van der Waals surface area contributed by atoms with Gasteiger partial charge in [-0.15, -0.1) is 11.0 Å². The summed E-state index contributed by atoms with van der Waals surface area (Å²) in [5, 5.41) is 6.87. The summed E-state index contributed by atoms with van der Waals surface area (Å²) >= 11 is 0. The Morgan fingerprint density at radius 3 is 3.22 bits per heavy atom. The van der Waals surface area contributed by atoms with E-state index >= 15 is 0 Å². The Morgan fingerprint density at radius 2 is 2.67 bits per heavy atom. The van der Waals surface area contributed by atoms with Gasteiger partial charge < -0.3 is 4.52 Å². The van der Waals surface area contributed by atoms with Gasteiger partial charge in [0.25, 0.3) is 0 Å². The lowest BCUT2D eigenvalue weighted by molar-refractivity contribution is 0.392. The van der Waals surface area contributed by atoms with E-state index in [1.807, 2.05) is 0 Å². The lowest BCUT2D eigenvalue weighted by Gasteiger charge is -1.74. The standard InChI is InChI=1S/C6H5N2O/c1-2-3-4-6-5-9-8-7-6/h5H,1,4H2. The fourth-order valence-corrected chi connectivity index (χ4v) is 0.414. The highest BCUT2D eigenvalue weighted by Crippen LogP contribution is 1.89. The number of nitrogens with zero attached hydrogens (tertiary/aromatic N) is 2. The first kappa shape index (κ1) is 5.83. The molecule has 1 aromatic heterocycles. The van der Waals surface area contributed by atoms with Crippen molar-refractivity contribution in [1.29, 1.82) is 0 Å². The highest BCUT2D eigenvalue weighted by atomic mass is 16.5. The van der Waals surface area contributed by atoms with Crippen molar-refractivity contribution in [2.75, 3.05) is 0 Å². The predicted molar refractivity (Wildman–Crippen MR) is 31.1 cm³/mol. The fraction of sp³-hybridized carbons (Fsp3) is 0.167. The molecule has 0 saturated carbocycles. The van der Waals surface area contributed by atoms with Crippen molar-refractivity contribution in [3.05, 3.63) is 18.9 Å². The Bertz CT molecular complexity index is 217. The molecule has 3 nitrogen and oxygen atoms in total. The quantitative estimate of drug-likeness (QED) is 0.506. The number of aromatic nitrogens is 2. The summed E-state index contributed by atoms with van der Waals surface area (Å²) < 4.78 is 4.46. The molecule has 1 aromatic rings. The Hall–Kier alpha value is -1.30. The predicted octanol–water partition coefficient (Wildman–Crippen LogP) is 0.450. The molecule has 0 spiro atoms. The van der Waals surface area contributed by atoms with Crippen LogP contribution in [0.15, 0.2) is 10.8 Å². The van der Waals surface area contributed by atoms with Crippen LogP contribution < -0.4 is 0 Å². The van der Waals surface area contributed by atoms with E-state index in [9.17, 15) is 0 Å². The van der Waals surface area contributed by atoms with Gasteiger partial charge in [0.15, 0.2) is 0 Å². The van der Waals surface area contributed by atoms with Gasteiger partial charge in [-0.05, 0) is 0 Å². The monoisotopic (exact) mass is 121 g/mol. The van der Waals surface area contributed by atoms with Crippen LogP contribution in [0.2, 0.25) is 0 Å². The second kappa shape index (κ2) is 2.88. The average Bonchev–Trinajstić information content (AvgIpc) is 2.34. The van der Waals surface area contributed by atoms with Crippen LogP contribution in [0.25, 0.3) is 0 Å². The van der Waals surface area contributed by atoms with Crippen molar-refractivity contribution in [1.82, 2.24) is 10.4 Å². The third-order valence-corrected chi connectivity index (χ3v) is 0.800. The molecule has 3 heteroatoms. The highest BCUT2D eigenvalue weighted by molar-refractivity contribution is 5.09. The molecule has 0 aromatic carbocycles. The lowest BCUT2D eigenvalue weighted by atomic mass is 10.3. The van der Waals surface area contributed by atoms with Crippen LogP contribution in [0.1, 0.15) is 5.69 Å². The molecule has 0 amide bonds. The molecule has 0 unspecified atom stereocenters. The molecule has 0 saturated heterocycles. The Morgan fingerprint density at radius 1 is 1.78 bits per heavy atom. The van der Waals surface area contributed by atoms with Crippen molar-refractivity contribution in [2.24, 2.45) is 0 Å². The highest BCUT2D eigenvalue weighted by Gasteiger charge is 1.90. The molecule has 0 N–H and O–H groups in total. The maximum absolute atomic E-state index is 4.46. The van der Waals surface area contributed by atoms with Gasteiger partial charge in [-0.2, -0.15) is 0 Å². The van der Waals surface area contributed by atoms with Crippen LogP contribution in [0.5, 0.6) is 0 Å². The minimum Gasteiger partial charge on any atom is -0.345 e. The molecule has 0 aliphatic heterocycles. The molecule has 1 heterocycles. The van der Waals surface area contributed by atoms with Crippen molar-refractivity contribution in [2.45, 2.75) is 6.42 Å². The topological polar surface area (TPSA) is 38.9 Å². The Labute approximate surface area is 53.0 Å². The average molecular weight is 121 g/mol. The van der Waals surface area contributed by atoms with Crippen LogP contribution in [0.3, 0.4) is 0 Å². The van der Waals surface area contributed by atoms with E-state index in [2.05, 4.69) is 33.7 Å². The van der Waals surface area contributed by atoms with Gasteiger partial charge in [0, 0.05) is 12.2 Å². The van der Waals surface area contributed by atoms with Gasteiger partial charge in [-0.3, -0.25) is 0 Å². The van der Waals surface area contributed by atoms with Gasteiger partial charge in [0.2, 0.25) is 0 Å². The molecule has 0 fully saturated rings. The summed E-state index contributed by atoms with van der Waals surface area (Å²) in [6.07, 6.45) is 2.03. The molecule has 0 aliphatic carbocycles. The number of rotatable bonds is 1. The van der Waals surface area contributed by atoms with Gasteiger partial charge in [-0.1, -0.05) is 5.92 Å². The zero-order chi connectivity index (χ0) is 6.53. The molecule has 45 valence electrons. The number of hydrogen-bond donors (Lipinski definition) is 0. The van der Waals surface area contributed by atoms with Crippen LogP contribution in [0.4, 0.5) is 0 Å². The fourth-order valence-electron chi connectivity index (χ4n) is 0.414. The molecule has 0 bridgehead atoms. The summed E-state index contributed by atoms with van der Waals surface area (Å²) in [7, 11) is 0. The molecule has 1 rings (SSSR count). The summed E-state index contributed by atoms with van der Waals surface area (Å²) in [6, 6.07) is 0. The smallest absolute Gasteiger partial charge is 0.148 e. The normalized spacial score (nSPS) is 8.11. The lowest BCUT2D eigenvalue weighted by Crippen LogP contribution is -1.79. The van der Waals surface area contributed by atoms with Crippen LogP contribution in [0, 0.1) is 18.8 Å². The molecule has 9 heavy (non-hydrogen) atoms. The minimum absolute atomic E-state index is 0.562. The third kappa shape index (κ3) is 1.57. The molecule has 0 aliphatic rings. The van der Waals surface area contributed by atoms with E-state index in [1.165, 1.54) is 6.26 Å². The SMILES string of the molecule is [CH2]C#CCc1conn1. The second-order valence-corrected chi connectivity index (χ2v) is 1.43. The Kier molecular flexibility index (Phi) is 1.86. The van der Waals surface area contributed by atoms with Gasteiger partial charge in [0.05, 0.1) is 6.42 Å². The van der Waals surface area contributed by atoms with Crippen molar-refractivity contribution in [3.8, 4) is 11.8 Å². The van der Waals surface area contributed by atoms with E-state index in [0.717, 1.165) is 5.69 Å². The first-order chi connectivity index (χ1) is 4.43. The second-order valence-electron chi connectivity index (χ2n) is 1.43. The number of hydrogen-bond acceptors (Lipinski definition) is 3. The molecule has 0 atom stereocenters. The van der Waals surface area contributed by atoms with E-state index in [4.69, 9.17) is 0 Å². The molecular weight excluding hydrogens is 116 g/mol. The van der Waals surface area contributed by atoms with Crippen molar-refractivity contribution >= 4 is 0 Å². The van der Waals surface area contributed by atoms with E-state index in [1.54, 1.807) is 0 Å².